The molecule has 0 aliphatic carbocycles. The summed E-state index contributed by atoms with van der Waals surface area (Å²) in [6, 6.07) is 8.13. The molecule has 1 saturated heterocycles. The molecule has 1 aliphatic heterocycles. The summed E-state index contributed by atoms with van der Waals surface area (Å²) in [6.45, 7) is 13.5. The van der Waals surface area contributed by atoms with Gasteiger partial charge in [0.1, 0.15) is 11.6 Å². The maximum atomic E-state index is 12.3. The number of piperazine rings is 1. The van der Waals surface area contributed by atoms with Crippen molar-refractivity contribution in [2.45, 2.75) is 20.8 Å². The minimum absolute atomic E-state index is 0.0764. The van der Waals surface area contributed by atoms with Crippen molar-refractivity contribution in [3.8, 4) is 6.07 Å². The molecule has 0 saturated carbocycles. The first-order chi connectivity index (χ1) is 13.6. The monoisotopic (exact) mass is 384 g/mol. The first kappa shape index (κ1) is 21.7. The van der Waals surface area contributed by atoms with Gasteiger partial charge in [0.05, 0.1) is 0 Å². The Labute approximate surface area is 168 Å². The summed E-state index contributed by atoms with van der Waals surface area (Å²) in [4.78, 5) is 16.8. The molecule has 7 heteroatoms. The molecule has 2 rings (SSSR count). The van der Waals surface area contributed by atoms with Crippen LogP contribution in [0.2, 0.25) is 0 Å². The van der Waals surface area contributed by atoms with Crippen molar-refractivity contribution in [1.82, 2.24) is 15.5 Å². The van der Waals surface area contributed by atoms with E-state index in [9.17, 15) is 10.1 Å². The van der Waals surface area contributed by atoms with E-state index < -0.39 is 0 Å². The van der Waals surface area contributed by atoms with E-state index in [4.69, 9.17) is 0 Å². The van der Waals surface area contributed by atoms with Gasteiger partial charge in [-0.2, -0.15) is 5.26 Å². The maximum Gasteiger partial charge on any atom is 0.263 e. The van der Waals surface area contributed by atoms with E-state index in [1.807, 2.05) is 19.1 Å². The number of hydrogen-bond acceptors (Lipinski definition) is 6. The predicted octanol–water partition coefficient (Wildman–Crippen LogP) is 1.68. The zero-order chi connectivity index (χ0) is 20.4. The van der Waals surface area contributed by atoms with E-state index in [1.54, 1.807) is 0 Å². The molecule has 1 aromatic rings. The molecule has 0 atom stereocenters. The summed E-state index contributed by atoms with van der Waals surface area (Å²) in [7, 11) is 0. The normalized spacial score (nSPS) is 15.0. The topological polar surface area (TPSA) is 83.4 Å². The van der Waals surface area contributed by atoms with Gasteiger partial charge in [-0.1, -0.05) is 0 Å². The van der Waals surface area contributed by atoms with Crippen molar-refractivity contribution in [2.75, 3.05) is 62.6 Å². The molecule has 28 heavy (non-hydrogen) atoms. The molecule has 1 heterocycles. The van der Waals surface area contributed by atoms with E-state index >= 15 is 0 Å². The summed E-state index contributed by atoms with van der Waals surface area (Å²) in [5, 5.41) is 18.6. The van der Waals surface area contributed by atoms with E-state index in [0.717, 1.165) is 57.1 Å². The van der Waals surface area contributed by atoms with Gasteiger partial charge in [-0.3, -0.25) is 9.69 Å². The van der Waals surface area contributed by atoms with Crippen molar-refractivity contribution >= 4 is 17.3 Å². The zero-order valence-electron chi connectivity index (χ0n) is 17.2. The number of nitriles is 1. The van der Waals surface area contributed by atoms with Crippen LogP contribution in [-0.4, -0.2) is 63.2 Å². The molecule has 152 valence electrons. The number of benzene rings is 1. The Morgan fingerprint density at radius 3 is 2.64 bits per heavy atom. The number of anilines is 2. The highest BCUT2D eigenvalue weighted by Crippen LogP contribution is 2.22. The summed E-state index contributed by atoms with van der Waals surface area (Å²) < 4.78 is 0. The number of aryl methyl sites for hydroxylation is 1. The Kier molecular flexibility index (Phi) is 8.79. The van der Waals surface area contributed by atoms with Gasteiger partial charge in [0.2, 0.25) is 0 Å². The van der Waals surface area contributed by atoms with Crippen LogP contribution in [0.1, 0.15) is 19.4 Å². The lowest BCUT2D eigenvalue weighted by molar-refractivity contribution is -0.117. The Morgan fingerprint density at radius 1 is 1.32 bits per heavy atom. The van der Waals surface area contributed by atoms with Crippen LogP contribution in [0.3, 0.4) is 0 Å². The van der Waals surface area contributed by atoms with Gasteiger partial charge in [0.15, 0.2) is 0 Å². The summed E-state index contributed by atoms with van der Waals surface area (Å²) in [5.41, 5.74) is 3.20. The van der Waals surface area contributed by atoms with E-state index in [0.29, 0.717) is 6.54 Å². The quantitative estimate of drug-likeness (QED) is 0.444. The minimum atomic E-state index is -0.345. The second-order valence-electron chi connectivity index (χ2n) is 6.83. The Hall–Kier alpha value is -2.56. The molecule has 3 N–H and O–H groups in total. The summed E-state index contributed by atoms with van der Waals surface area (Å²) >= 11 is 0. The fraction of sp³-hybridized carbons (Fsp3) is 0.524. The number of amides is 1. The molecule has 0 aromatic heterocycles. The lowest BCUT2D eigenvalue weighted by atomic mass is 10.1. The van der Waals surface area contributed by atoms with Crippen LogP contribution >= 0.6 is 0 Å². The number of nitrogens with zero attached hydrogens (tertiary/aromatic N) is 3. The van der Waals surface area contributed by atoms with E-state index in [1.165, 1.54) is 11.9 Å². The van der Waals surface area contributed by atoms with Crippen molar-refractivity contribution < 1.29 is 4.79 Å². The number of rotatable bonds is 9. The Bertz CT molecular complexity index is 714. The van der Waals surface area contributed by atoms with Gasteiger partial charge in [-0.05, 0) is 44.5 Å². The van der Waals surface area contributed by atoms with Crippen molar-refractivity contribution in [3.05, 3.63) is 35.5 Å². The van der Waals surface area contributed by atoms with Gasteiger partial charge >= 0.3 is 0 Å². The Morgan fingerprint density at radius 2 is 2.04 bits per heavy atom. The fourth-order valence-electron chi connectivity index (χ4n) is 3.25. The number of nitrogens with one attached hydrogen (secondary N) is 3. The lowest BCUT2D eigenvalue weighted by Crippen LogP contribution is -2.46. The molecule has 1 fully saturated rings. The van der Waals surface area contributed by atoms with Crippen LogP contribution in [0.25, 0.3) is 0 Å². The number of hydrogen-bond donors (Lipinski definition) is 3. The highest BCUT2D eigenvalue weighted by molar-refractivity contribution is 5.97. The molecule has 0 radical (unpaired) electrons. The molecular formula is C21H32N6O. The highest BCUT2D eigenvalue weighted by atomic mass is 16.1. The van der Waals surface area contributed by atoms with Crippen molar-refractivity contribution in [1.29, 1.82) is 5.26 Å². The summed E-state index contributed by atoms with van der Waals surface area (Å²) in [5.74, 6) is -0.345. The number of carbonyl (C=O) groups is 1. The molecular weight excluding hydrogens is 352 g/mol. The third-order valence-corrected chi connectivity index (χ3v) is 5.00. The average Bonchev–Trinajstić information content (AvgIpc) is 2.71. The van der Waals surface area contributed by atoms with Crippen LogP contribution in [0, 0.1) is 18.3 Å². The van der Waals surface area contributed by atoms with Crippen molar-refractivity contribution in [3.63, 3.8) is 0 Å². The van der Waals surface area contributed by atoms with Gasteiger partial charge in [-0.25, -0.2) is 0 Å². The maximum absolute atomic E-state index is 12.3. The molecule has 1 aromatic carbocycles. The summed E-state index contributed by atoms with van der Waals surface area (Å²) in [6.07, 6.45) is 1.49. The van der Waals surface area contributed by atoms with E-state index in [-0.39, 0.29) is 11.5 Å². The van der Waals surface area contributed by atoms with Crippen LogP contribution < -0.4 is 20.9 Å². The zero-order valence-corrected chi connectivity index (χ0v) is 17.2. The molecule has 0 unspecified atom stereocenters. The molecule has 0 spiro atoms. The largest absolute Gasteiger partial charge is 0.372 e. The van der Waals surface area contributed by atoms with Gasteiger partial charge in [0, 0.05) is 69.9 Å². The van der Waals surface area contributed by atoms with Crippen LogP contribution in [0.5, 0.6) is 0 Å². The van der Waals surface area contributed by atoms with Crippen LogP contribution in [-0.2, 0) is 4.79 Å². The first-order valence-electron chi connectivity index (χ1n) is 10.0. The minimum Gasteiger partial charge on any atom is -0.372 e. The molecule has 1 aliphatic rings. The van der Waals surface area contributed by atoms with Crippen LogP contribution in [0.15, 0.2) is 30.0 Å². The molecule has 1 amide bonds. The average molecular weight is 385 g/mol. The second-order valence-corrected chi connectivity index (χ2v) is 6.83. The van der Waals surface area contributed by atoms with E-state index in [2.05, 4.69) is 51.7 Å². The van der Waals surface area contributed by atoms with Gasteiger partial charge in [-0.15, -0.1) is 0 Å². The number of carbonyl (C=O) groups excluding carboxylic acids is 1. The fourth-order valence-corrected chi connectivity index (χ4v) is 3.25. The van der Waals surface area contributed by atoms with Gasteiger partial charge in [0.25, 0.3) is 5.91 Å². The third-order valence-electron chi connectivity index (χ3n) is 5.00. The van der Waals surface area contributed by atoms with Gasteiger partial charge < -0.3 is 20.9 Å². The lowest BCUT2D eigenvalue weighted by Gasteiger charge is -2.27. The smallest absolute Gasteiger partial charge is 0.263 e. The van der Waals surface area contributed by atoms with Crippen molar-refractivity contribution in [2.24, 2.45) is 0 Å². The predicted molar refractivity (Wildman–Crippen MR) is 114 cm³/mol. The standard InChI is InChI=1S/C21H32N6O/c1-4-27(5-2)19-6-7-20(17(3)14-19)25-16-18(15-22)21(28)24-10-13-26-11-8-23-9-12-26/h6-7,14,16,23,25H,4-5,8-13H2,1-3H3,(H,24,28)/b18-16-. The second kappa shape index (κ2) is 11.3. The molecule has 7 nitrogen and oxygen atoms in total. The molecule has 0 bridgehead atoms. The third kappa shape index (κ3) is 6.25. The highest BCUT2D eigenvalue weighted by Gasteiger charge is 2.12. The Balaban J connectivity index is 1.91. The van der Waals surface area contributed by atoms with Crippen LogP contribution in [0.4, 0.5) is 11.4 Å². The SMILES string of the molecule is CCN(CC)c1ccc(N/C=C(/C#N)C(=O)NCCN2CCNCC2)c(C)c1. The first-order valence-corrected chi connectivity index (χ1v) is 10.0.